The summed E-state index contributed by atoms with van der Waals surface area (Å²) < 4.78 is 40.1. The lowest BCUT2D eigenvalue weighted by Gasteiger charge is -2.22. The molecule has 31 heavy (non-hydrogen) atoms. The van der Waals surface area contributed by atoms with Crippen LogP contribution in [0.3, 0.4) is 0 Å². The number of rotatable bonds is 3. The molecule has 1 aliphatic heterocycles. The fourth-order valence-electron chi connectivity index (χ4n) is 4.83. The van der Waals surface area contributed by atoms with E-state index in [0.29, 0.717) is 31.5 Å². The zero-order valence-corrected chi connectivity index (χ0v) is 17.1. The summed E-state index contributed by atoms with van der Waals surface area (Å²) in [4.78, 5) is 25.7. The summed E-state index contributed by atoms with van der Waals surface area (Å²) in [6.07, 6.45) is -3.22. The van der Waals surface area contributed by atoms with Gasteiger partial charge in [-0.05, 0) is 60.4 Å². The molecule has 1 unspecified atom stereocenters. The average molecular weight is 453 g/mol. The van der Waals surface area contributed by atoms with E-state index in [2.05, 4.69) is 5.32 Å². The number of hydrogen-bond donors (Lipinski definition) is 2. The second kappa shape index (κ2) is 8.07. The number of nitrogens with one attached hydrogen (secondary N) is 1. The minimum Gasteiger partial charge on any atom is -0.478 e. The molecule has 2 N–H and O–H groups in total. The highest BCUT2D eigenvalue weighted by Crippen LogP contribution is 2.48. The first kappa shape index (κ1) is 21.5. The number of likely N-dealkylation sites (tertiary alicyclic amines) is 1. The Bertz CT molecular complexity index is 1010. The summed E-state index contributed by atoms with van der Waals surface area (Å²) in [7, 11) is 0. The molecule has 1 aliphatic carbocycles. The van der Waals surface area contributed by atoms with Crippen molar-refractivity contribution in [3.8, 4) is 0 Å². The fraction of sp³-hybridized carbons (Fsp3) is 0.364. The number of halogens is 4. The molecule has 0 spiro atoms. The van der Waals surface area contributed by atoms with Crippen molar-refractivity contribution in [2.24, 2.45) is 11.8 Å². The van der Waals surface area contributed by atoms with Gasteiger partial charge in [0.1, 0.15) is 0 Å². The van der Waals surface area contributed by atoms with Crippen molar-refractivity contribution in [1.82, 2.24) is 4.90 Å². The van der Waals surface area contributed by atoms with Crippen LogP contribution in [0.4, 0.5) is 23.7 Å². The zero-order valence-electron chi connectivity index (χ0n) is 16.3. The van der Waals surface area contributed by atoms with E-state index in [0.717, 1.165) is 6.07 Å². The maximum atomic E-state index is 13.4. The number of hydrogen-bond acceptors (Lipinski definition) is 2. The summed E-state index contributed by atoms with van der Waals surface area (Å²) in [5, 5.41) is 12.2. The Labute approximate surface area is 181 Å². The monoisotopic (exact) mass is 452 g/mol. The van der Waals surface area contributed by atoms with Crippen molar-refractivity contribution in [2.75, 3.05) is 18.4 Å². The summed E-state index contributed by atoms with van der Waals surface area (Å²) >= 11 is 5.84. The molecule has 0 radical (unpaired) electrons. The second-order valence-electron chi connectivity index (χ2n) is 8.10. The number of carbonyl (C=O) groups is 2. The van der Waals surface area contributed by atoms with Crippen LogP contribution in [0.25, 0.3) is 0 Å². The Morgan fingerprint density at radius 3 is 2.32 bits per heavy atom. The van der Waals surface area contributed by atoms with E-state index in [-0.39, 0.29) is 34.0 Å². The number of urea groups is 1. The van der Waals surface area contributed by atoms with Crippen molar-refractivity contribution in [3.63, 3.8) is 0 Å². The SMILES string of the molecule is O=C(O)c1cc(Cl)ccc1NC(=O)N1CC2C[C@@H](c3ccccc3C(F)(F)F)C[C@H]2C1. The van der Waals surface area contributed by atoms with Crippen LogP contribution in [0.1, 0.15) is 40.2 Å². The van der Waals surface area contributed by atoms with Crippen LogP contribution in [0, 0.1) is 11.8 Å². The molecule has 0 bridgehead atoms. The molecule has 1 heterocycles. The molecule has 1 saturated carbocycles. The lowest BCUT2D eigenvalue weighted by atomic mass is 9.91. The molecule has 2 aromatic carbocycles. The highest BCUT2D eigenvalue weighted by Gasteiger charge is 2.45. The summed E-state index contributed by atoms with van der Waals surface area (Å²) in [6, 6.07) is 9.46. The second-order valence-corrected chi connectivity index (χ2v) is 8.54. The van der Waals surface area contributed by atoms with E-state index in [1.165, 1.54) is 24.3 Å². The number of carboxylic acid groups (broad SMARTS) is 1. The molecule has 1 saturated heterocycles. The molecule has 5 nitrogen and oxygen atoms in total. The lowest BCUT2D eigenvalue weighted by Crippen LogP contribution is -2.34. The van der Waals surface area contributed by atoms with Gasteiger partial charge in [-0.2, -0.15) is 13.2 Å². The van der Waals surface area contributed by atoms with Crippen molar-refractivity contribution in [2.45, 2.75) is 24.9 Å². The first-order valence-corrected chi connectivity index (χ1v) is 10.3. The Kier molecular flexibility index (Phi) is 5.60. The molecule has 2 aliphatic rings. The summed E-state index contributed by atoms with van der Waals surface area (Å²) in [6.45, 7) is 0.856. The minimum absolute atomic E-state index is 0.107. The third-order valence-electron chi connectivity index (χ3n) is 6.20. The van der Waals surface area contributed by atoms with E-state index in [1.54, 1.807) is 17.0 Å². The Morgan fingerprint density at radius 1 is 1.06 bits per heavy atom. The zero-order chi connectivity index (χ0) is 22.3. The third kappa shape index (κ3) is 4.35. The first-order chi connectivity index (χ1) is 14.6. The Hall–Kier alpha value is -2.74. The van der Waals surface area contributed by atoms with Gasteiger partial charge in [0.25, 0.3) is 0 Å². The van der Waals surface area contributed by atoms with E-state index >= 15 is 0 Å². The van der Waals surface area contributed by atoms with E-state index < -0.39 is 23.7 Å². The number of aromatic carboxylic acids is 1. The van der Waals surface area contributed by atoms with Crippen LogP contribution in [0.15, 0.2) is 42.5 Å². The van der Waals surface area contributed by atoms with E-state index in [4.69, 9.17) is 11.6 Å². The van der Waals surface area contributed by atoms with Gasteiger partial charge in [0.05, 0.1) is 16.8 Å². The summed E-state index contributed by atoms with van der Waals surface area (Å²) in [5.41, 5.74) is -0.216. The highest BCUT2D eigenvalue weighted by molar-refractivity contribution is 6.31. The smallest absolute Gasteiger partial charge is 0.416 e. The molecule has 0 aromatic heterocycles. The largest absolute Gasteiger partial charge is 0.478 e. The van der Waals surface area contributed by atoms with Gasteiger partial charge in [-0.3, -0.25) is 0 Å². The predicted molar refractivity (Wildman–Crippen MR) is 109 cm³/mol. The van der Waals surface area contributed by atoms with Crippen LogP contribution in [0.5, 0.6) is 0 Å². The number of amides is 2. The van der Waals surface area contributed by atoms with Crippen LogP contribution in [-0.2, 0) is 6.18 Å². The van der Waals surface area contributed by atoms with Crippen LogP contribution in [-0.4, -0.2) is 35.1 Å². The molecule has 2 aromatic rings. The number of anilines is 1. The number of benzene rings is 2. The normalized spacial score (nSPS) is 23.0. The quantitative estimate of drug-likeness (QED) is 0.626. The van der Waals surface area contributed by atoms with Gasteiger partial charge in [-0.25, -0.2) is 9.59 Å². The van der Waals surface area contributed by atoms with Gasteiger partial charge in [-0.1, -0.05) is 29.8 Å². The predicted octanol–water partition coefficient (Wildman–Crippen LogP) is 5.71. The lowest BCUT2D eigenvalue weighted by molar-refractivity contribution is -0.138. The number of carboxylic acids is 1. The fourth-order valence-corrected chi connectivity index (χ4v) is 5.00. The van der Waals surface area contributed by atoms with Crippen molar-refractivity contribution in [1.29, 1.82) is 0 Å². The standard InChI is InChI=1S/C22H20ClF3N2O3/c23-15-5-6-19(17(9-15)20(29)30)27-21(31)28-10-13-7-12(8-14(13)11-28)16-3-1-2-4-18(16)22(24,25)26/h1-6,9,12-14H,7-8,10-11H2,(H,27,31)(H,29,30)/t12-,13-,14?/m0/s1. The molecule has 9 heteroatoms. The minimum atomic E-state index is -4.39. The highest BCUT2D eigenvalue weighted by atomic mass is 35.5. The van der Waals surface area contributed by atoms with Crippen molar-refractivity contribution >= 4 is 29.3 Å². The molecule has 2 fully saturated rings. The van der Waals surface area contributed by atoms with Crippen LogP contribution in [0.2, 0.25) is 5.02 Å². The first-order valence-electron chi connectivity index (χ1n) is 9.88. The van der Waals surface area contributed by atoms with Gasteiger partial charge in [0.2, 0.25) is 0 Å². The topological polar surface area (TPSA) is 69.6 Å². The van der Waals surface area contributed by atoms with Gasteiger partial charge < -0.3 is 15.3 Å². The molecule has 3 atom stereocenters. The van der Waals surface area contributed by atoms with Gasteiger partial charge in [-0.15, -0.1) is 0 Å². The summed E-state index contributed by atoms with van der Waals surface area (Å²) in [5.74, 6) is -1.17. The molecular weight excluding hydrogens is 433 g/mol. The van der Waals surface area contributed by atoms with E-state index in [1.807, 2.05) is 0 Å². The van der Waals surface area contributed by atoms with Gasteiger partial charge in [0, 0.05) is 18.1 Å². The maximum absolute atomic E-state index is 13.4. The van der Waals surface area contributed by atoms with Crippen LogP contribution < -0.4 is 5.32 Å². The molecular formula is C22H20ClF3N2O3. The number of fused-ring (bicyclic) bond motifs is 1. The maximum Gasteiger partial charge on any atom is 0.416 e. The number of alkyl halides is 3. The average Bonchev–Trinajstić information content (AvgIpc) is 3.28. The molecule has 4 rings (SSSR count). The third-order valence-corrected chi connectivity index (χ3v) is 6.43. The number of nitrogens with zero attached hydrogens (tertiary/aromatic N) is 1. The number of carbonyl (C=O) groups excluding carboxylic acids is 1. The van der Waals surface area contributed by atoms with Crippen molar-refractivity contribution in [3.05, 3.63) is 64.2 Å². The van der Waals surface area contributed by atoms with E-state index in [9.17, 15) is 27.9 Å². The van der Waals surface area contributed by atoms with Crippen molar-refractivity contribution < 1.29 is 27.9 Å². The molecule has 164 valence electrons. The Balaban J connectivity index is 1.43. The molecule has 2 amide bonds. The van der Waals surface area contributed by atoms with Gasteiger partial charge in [0.15, 0.2) is 0 Å². The van der Waals surface area contributed by atoms with Crippen LogP contribution >= 0.6 is 11.6 Å². The Morgan fingerprint density at radius 2 is 1.71 bits per heavy atom. The van der Waals surface area contributed by atoms with Gasteiger partial charge >= 0.3 is 18.2 Å².